The van der Waals surface area contributed by atoms with Gasteiger partial charge in [0, 0.05) is 12.5 Å². The van der Waals surface area contributed by atoms with E-state index in [2.05, 4.69) is 57.0 Å². The molecule has 1 heterocycles. The van der Waals surface area contributed by atoms with Gasteiger partial charge in [-0.15, -0.1) is 0 Å². The molecule has 0 radical (unpaired) electrons. The fourth-order valence-corrected chi connectivity index (χ4v) is 3.95. The summed E-state index contributed by atoms with van der Waals surface area (Å²) in [6.07, 6.45) is 4.52. The van der Waals surface area contributed by atoms with Gasteiger partial charge in [-0.25, -0.2) is 0 Å². The van der Waals surface area contributed by atoms with Crippen LogP contribution in [0.2, 0.25) is 0 Å². The summed E-state index contributed by atoms with van der Waals surface area (Å²) in [6, 6.07) is 6.52. The molecule has 2 nitrogen and oxygen atoms in total. The zero-order valence-electron chi connectivity index (χ0n) is 11.7. The molecule has 1 saturated heterocycles. The lowest BCUT2D eigenvalue weighted by atomic mass is 9.99. The lowest BCUT2D eigenvalue weighted by molar-refractivity contribution is -0.169. The third-order valence-corrected chi connectivity index (χ3v) is 6.00. The van der Waals surface area contributed by atoms with Gasteiger partial charge in [-0.3, -0.25) is 0 Å². The van der Waals surface area contributed by atoms with Gasteiger partial charge in [-0.05, 0) is 49.3 Å². The Hall–Kier alpha value is 0.100. The van der Waals surface area contributed by atoms with Crippen LogP contribution in [0.15, 0.2) is 18.2 Å². The second-order valence-electron chi connectivity index (χ2n) is 5.76. The molecule has 0 N–H and O–H groups in total. The van der Waals surface area contributed by atoms with Gasteiger partial charge >= 0.3 is 0 Å². The Bertz CT molecular complexity index is 481. The molecule has 1 aromatic carbocycles. The van der Waals surface area contributed by atoms with Gasteiger partial charge in [0.05, 0.1) is 9.84 Å². The van der Waals surface area contributed by atoms with Crippen molar-refractivity contribution in [3.63, 3.8) is 0 Å². The number of alkyl halides is 2. The Morgan fingerprint density at radius 2 is 2.15 bits per heavy atom. The minimum atomic E-state index is -0.0147. The number of halogens is 2. The third kappa shape index (κ3) is 3.29. The fourth-order valence-electron chi connectivity index (χ4n) is 2.81. The quantitative estimate of drug-likeness (QED) is 0.657. The number of rotatable bonds is 4. The summed E-state index contributed by atoms with van der Waals surface area (Å²) in [5, 5.41) is 0. The van der Waals surface area contributed by atoms with Crippen molar-refractivity contribution < 1.29 is 9.47 Å². The summed E-state index contributed by atoms with van der Waals surface area (Å²) in [4.78, 5) is 0. The molecule has 0 amide bonds. The SMILES string of the molecule is Cc1c(COC2CCCCO2)cccc1C1CC1(Br)Br. The summed E-state index contributed by atoms with van der Waals surface area (Å²) in [7, 11) is 0. The first-order chi connectivity index (χ1) is 9.58. The van der Waals surface area contributed by atoms with Crippen LogP contribution in [0.4, 0.5) is 0 Å². The molecule has 0 spiro atoms. The standard InChI is InChI=1S/C16H20Br2O2/c1-11-12(10-20-15-7-2-3-8-19-15)5-4-6-13(11)14-9-16(14,17)18/h4-6,14-15H,2-3,7-10H2,1H3. The summed E-state index contributed by atoms with van der Waals surface area (Å²) in [5.74, 6) is 0.563. The van der Waals surface area contributed by atoms with Crippen molar-refractivity contribution in [2.75, 3.05) is 6.61 Å². The van der Waals surface area contributed by atoms with E-state index < -0.39 is 0 Å². The molecule has 1 saturated carbocycles. The van der Waals surface area contributed by atoms with Crippen LogP contribution in [0.25, 0.3) is 0 Å². The van der Waals surface area contributed by atoms with Crippen LogP contribution in [-0.4, -0.2) is 16.1 Å². The van der Waals surface area contributed by atoms with E-state index in [0.717, 1.165) is 25.9 Å². The topological polar surface area (TPSA) is 18.5 Å². The van der Waals surface area contributed by atoms with Gasteiger partial charge in [0.25, 0.3) is 0 Å². The van der Waals surface area contributed by atoms with E-state index in [1.54, 1.807) is 0 Å². The van der Waals surface area contributed by atoms with Crippen molar-refractivity contribution in [2.24, 2.45) is 0 Å². The monoisotopic (exact) mass is 402 g/mol. The maximum absolute atomic E-state index is 5.91. The average molecular weight is 404 g/mol. The Kier molecular flexibility index (Phi) is 4.56. The predicted octanol–water partition coefficient (Wildman–Crippen LogP) is 5.01. The van der Waals surface area contributed by atoms with E-state index in [4.69, 9.17) is 9.47 Å². The highest BCUT2D eigenvalue weighted by molar-refractivity contribution is 9.25. The van der Waals surface area contributed by atoms with Crippen LogP contribution >= 0.6 is 31.9 Å². The van der Waals surface area contributed by atoms with E-state index >= 15 is 0 Å². The van der Waals surface area contributed by atoms with Gasteiger partial charge in [0.2, 0.25) is 0 Å². The molecule has 2 aliphatic rings. The molecule has 2 unspecified atom stereocenters. The van der Waals surface area contributed by atoms with Crippen molar-refractivity contribution in [3.8, 4) is 0 Å². The fraction of sp³-hybridized carbons (Fsp3) is 0.625. The van der Waals surface area contributed by atoms with Crippen molar-refractivity contribution in [1.29, 1.82) is 0 Å². The van der Waals surface area contributed by atoms with Crippen LogP contribution in [0, 0.1) is 6.92 Å². The highest BCUT2D eigenvalue weighted by atomic mass is 79.9. The highest BCUT2D eigenvalue weighted by Crippen LogP contribution is 2.62. The van der Waals surface area contributed by atoms with Crippen LogP contribution in [0.5, 0.6) is 0 Å². The maximum Gasteiger partial charge on any atom is 0.158 e. The molecule has 0 aromatic heterocycles. The number of ether oxygens (including phenoxy) is 2. The van der Waals surface area contributed by atoms with Crippen molar-refractivity contribution >= 4 is 31.9 Å². The smallest absolute Gasteiger partial charge is 0.158 e. The zero-order valence-corrected chi connectivity index (χ0v) is 14.9. The Balaban J connectivity index is 1.66. The molecule has 1 aliphatic heterocycles. The molecule has 110 valence electrons. The minimum Gasteiger partial charge on any atom is -0.353 e. The Labute approximate surface area is 137 Å². The summed E-state index contributed by atoms with van der Waals surface area (Å²) >= 11 is 7.43. The second kappa shape index (κ2) is 6.07. The lowest BCUT2D eigenvalue weighted by Crippen LogP contribution is -2.22. The van der Waals surface area contributed by atoms with E-state index in [-0.39, 0.29) is 9.52 Å². The van der Waals surface area contributed by atoms with Gasteiger partial charge < -0.3 is 9.47 Å². The van der Waals surface area contributed by atoms with E-state index in [0.29, 0.717) is 12.5 Å². The first kappa shape index (κ1) is 15.0. The molecule has 0 bridgehead atoms. The summed E-state index contributed by atoms with van der Waals surface area (Å²) in [6.45, 7) is 3.68. The van der Waals surface area contributed by atoms with E-state index in [1.807, 2.05) is 0 Å². The maximum atomic E-state index is 5.91. The molecular formula is C16H20Br2O2. The van der Waals surface area contributed by atoms with Crippen LogP contribution < -0.4 is 0 Å². The van der Waals surface area contributed by atoms with Gasteiger partial charge in [-0.2, -0.15) is 0 Å². The zero-order chi connectivity index (χ0) is 14.2. The summed E-state index contributed by atoms with van der Waals surface area (Å²) in [5.41, 5.74) is 4.05. The van der Waals surface area contributed by atoms with Crippen LogP contribution in [0.3, 0.4) is 0 Å². The molecule has 3 rings (SSSR count). The number of benzene rings is 1. The molecule has 2 fully saturated rings. The lowest BCUT2D eigenvalue weighted by Gasteiger charge is -2.23. The average Bonchev–Trinajstić information content (AvgIpc) is 3.07. The van der Waals surface area contributed by atoms with Crippen molar-refractivity contribution in [3.05, 3.63) is 34.9 Å². The Morgan fingerprint density at radius 1 is 1.35 bits per heavy atom. The predicted molar refractivity (Wildman–Crippen MR) is 87.5 cm³/mol. The molecule has 2 atom stereocenters. The molecule has 1 aromatic rings. The van der Waals surface area contributed by atoms with Gasteiger partial charge in [-0.1, -0.05) is 50.1 Å². The van der Waals surface area contributed by atoms with Crippen molar-refractivity contribution in [2.45, 2.75) is 54.7 Å². The number of hydrogen-bond acceptors (Lipinski definition) is 2. The van der Waals surface area contributed by atoms with Gasteiger partial charge in [0.15, 0.2) is 6.29 Å². The number of hydrogen-bond donors (Lipinski definition) is 0. The van der Waals surface area contributed by atoms with E-state index in [9.17, 15) is 0 Å². The molecule has 4 heteroatoms. The highest BCUT2D eigenvalue weighted by Gasteiger charge is 2.51. The van der Waals surface area contributed by atoms with Crippen LogP contribution in [0.1, 0.15) is 48.3 Å². The first-order valence-corrected chi connectivity index (χ1v) is 8.86. The molecular weight excluding hydrogens is 384 g/mol. The second-order valence-corrected chi connectivity index (χ2v) is 9.65. The largest absolute Gasteiger partial charge is 0.353 e. The summed E-state index contributed by atoms with van der Waals surface area (Å²) < 4.78 is 11.6. The normalized spacial score (nSPS) is 28.4. The Morgan fingerprint density at radius 3 is 2.80 bits per heavy atom. The van der Waals surface area contributed by atoms with Gasteiger partial charge in [0.1, 0.15) is 0 Å². The van der Waals surface area contributed by atoms with Crippen LogP contribution in [-0.2, 0) is 16.1 Å². The third-order valence-electron chi connectivity index (χ3n) is 4.25. The van der Waals surface area contributed by atoms with Crippen molar-refractivity contribution in [1.82, 2.24) is 0 Å². The minimum absolute atomic E-state index is 0.0147. The van der Waals surface area contributed by atoms with E-state index in [1.165, 1.54) is 23.1 Å². The molecule has 20 heavy (non-hydrogen) atoms. The first-order valence-electron chi connectivity index (χ1n) is 7.27. The molecule has 1 aliphatic carbocycles.